The first-order chi connectivity index (χ1) is 7.63. The van der Waals surface area contributed by atoms with Crippen molar-refractivity contribution in [3.63, 3.8) is 0 Å². The Bertz CT molecular complexity index is 571. The van der Waals surface area contributed by atoms with E-state index in [1.807, 2.05) is 12.1 Å². The van der Waals surface area contributed by atoms with Crippen LogP contribution in [0.15, 0.2) is 28.7 Å². The van der Waals surface area contributed by atoms with E-state index in [9.17, 15) is 4.79 Å². The third-order valence-electron chi connectivity index (χ3n) is 2.13. The Labute approximate surface area is 106 Å². The number of nitrogens with zero attached hydrogens (tertiary/aromatic N) is 1. The lowest BCUT2D eigenvalue weighted by atomic mass is 10.2. The van der Waals surface area contributed by atoms with Crippen LogP contribution in [0.4, 0.5) is 0 Å². The summed E-state index contributed by atoms with van der Waals surface area (Å²) in [6.07, 6.45) is 0. The second-order valence-electron chi connectivity index (χ2n) is 3.11. The number of methoxy groups -OCH3 is 1. The van der Waals surface area contributed by atoms with Crippen LogP contribution < -0.4 is 0 Å². The van der Waals surface area contributed by atoms with Gasteiger partial charge in [0.25, 0.3) is 0 Å². The van der Waals surface area contributed by atoms with Crippen molar-refractivity contribution in [1.29, 1.82) is 0 Å². The maximum atomic E-state index is 11.3. The number of hydrogen-bond donors (Lipinski definition) is 0. The number of carbonyl (C=O) groups excluding carboxylic acids is 1. The first-order valence-electron chi connectivity index (χ1n) is 4.46. The number of aromatic nitrogens is 1. The maximum absolute atomic E-state index is 11.3. The average molecular weight is 301 g/mol. The van der Waals surface area contributed by atoms with Crippen molar-refractivity contribution in [1.82, 2.24) is 4.98 Å². The van der Waals surface area contributed by atoms with E-state index in [2.05, 4.69) is 25.7 Å². The highest BCUT2D eigenvalue weighted by molar-refractivity contribution is 9.10. The predicted octanol–water partition coefficient (Wildman–Crippen LogP) is 3.44. The molecule has 0 atom stereocenters. The summed E-state index contributed by atoms with van der Waals surface area (Å²) >= 11 is 9.48. The SMILES string of the molecule is COC(=O)c1cc(Cl)c2c(Br)cccc2n1. The van der Waals surface area contributed by atoms with Crippen LogP contribution in [0, 0.1) is 0 Å². The van der Waals surface area contributed by atoms with Crippen molar-refractivity contribution >= 4 is 44.4 Å². The maximum Gasteiger partial charge on any atom is 0.356 e. The van der Waals surface area contributed by atoms with Crippen LogP contribution in [0.2, 0.25) is 5.02 Å². The minimum atomic E-state index is -0.497. The number of benzene rings is 1. The molecule has 1 aromatic heterocycles. The molecule has 0 saturated heterocycles. The highest BCUT2D eigenvalue weighted by Gasteiger charge is 2.12. The fourth-order valence-electron chi connectivity index (χ4n) is 1.41. The summed E-state index contributed by atoms with van der Waals surface area (Å²) in [5.74, 6) is -0.497. The molecule has 0 radical (unpaired) electrons. The van der Waals surface area contributed by atoms with E-state index in [0.29, 0.717) is 10.5 Å². The minimum absolute atomic E-state index is 0.207. The number of pyridine rings is 1. The summed E-state index contributed by atoms with van der Waals surface area (Å²) in [6.45, 7) is 0. The van der Waals surface area contributed by atoms with Crippen LogP contribution in [0.5, 0.6) is 0 Å². The van der Waals surface area contributed by atoms with Gasteiger partial charge in [0, 0.05) is 9.86 Å². The smallest absolute Gasteiger partial charge is 0.356 e. The van der Waals surface area contributed by atoms with Crippen molar-refractivity contribution in [2.45, 2.75) is 0 Å². The molecule has 1 aromatic carbocycles. The fraction of sp³-hybridized carbons (Fsp3) is 0.0909. The predicted molar refractivity (Wildman–Crippen MR) is 65.8 cm³/mol. The molecular formula is C11H7BrClNO2. The number of ether oxygens (including phenoxy) is 1. The lowest BCUT2D eigenvalue weighted by Gasteiger charge is -2.05. The summed E-state index contributed by atoms with van der Waals surface area (Å²) < 4.78 is 5.44. The van der Waals surface area contributed by atoms with Gasteiger partial charge < -0.3 is 4.74 Å². The molecule has 2 rings (SSSR count). The molecule has 16 heavy (non-hydrogen) atoms. The second kappa shape index (κ2) is 4.39. The van der Waals surface area contributed by atoms with Gasteiger partial charge in [0.2, 0.25) is 0 Å². The van der Waals surface area contributed by atoms with Crippen LogP contribution in [-0.4, -0.2) is 18.1 Å². The fourth-order valence-corrected chi connectivity index (χ4v) is 2.39. The van der Waals surface area contributed by atoms with E-state index in [-0.39, 0.29) is 5.69 Å². The normalized spacial score (nSPS) is 10.4. The monoisotopic (exact) mass is 299 g/mol. The molecular weight excluding hydrogens is 293 g/mol. The van der Waals surface area contributed by atoms with Crippen LogP contribution in [-0.2, 0) is 4.74 Å². The van der Waals surface area contributed by atoms with E-state index in [1.165, 1.54) is 13.2 Å². The second-order valence-corrected chi connectivity index (χ2v) is 4.38. The summed E-state index contributed by atoms with van der Waals surface area (Å²) in [5.41, 5.74) is 0.861. The Balaban J connectivity index is 2.73. The molecule has 0 unspecified atom stereocenters. The van der Waals surface area contributed by atoms with E-state index >= 15 is 0 Å². The molecule has 0 aliphatic carbocycles. The topological polar surface area (TPSA) is 39.2 Å². The number of hydrogen-bond acceptors (Lipinski definition) is 3. The molecule has 0 amide bonds. The molecule has 0 aliphatic rings. The Kier molecular flexibility index (Phi) is 3.12. The Morgan fingerprint density at radius 2 is 2.25 bits per heavy atom. The highest BCUT2D eigenvalue weighted by atomic mass is 79.9. The van der Waals surface area contributed by atoms with Crippen molar-refractivity contribution < 1.29 is 9.53 Å². The Hall–Kier alpha value is -1.13. The third kappa shape index (κ3) is 1.90. The largest absolute Gasteiger partial charge is 0.464 e. The first kappa shape index (κ1) is 11.4. The summed E-state index contributed by atoms with van der Waals surface area (Å²) in [7, 11) is 1.31. The highest BCUT2D eigenvalue weighted by Crippen LogP contribution is 2.30. The Morgan fingerprint density at radius 3 is 2.94 bits per heavy atom. The molecule has 82 valence electrons. The molecule has 2 aromatic rings. The Morgan fingerprint density at radius 1 is 1.50 bits per heavy atom. The van der Waals surface area contributed by atoms with Crippen molar-refractivity contribution in [3.8, 4) is 0 Å². The number of fused-ring (bicyclic) bond motifs is 1. The van der Waals surface area contributed by atoms with Crippen molar-refractivity contribution in [2.75, 3.05) is 7.11 Å². The van der Waals surface area contributed by atoms with E-state index < -0.39 is 5.97 Å². The van der Waals surface area contributed by atoms with Gasteiger partial charge in [-0.25, -0.2) is 9.78 Å². The molecule has 0 fully saturated rings. The molecule has 0 spiro atoms. The number of esters is 1. The van der Waals surface area contributed by atoms with E-state index in [4.69, 9.17) is 11.6 Å². The average Bonchev–Trinajstić information content (AvgIpc) is 2.27. The van der Waals surface area contributed by atoms with Crippen LogP contribution >= 0.6 is 27.5 Å². The van der Waals surface area contributed by atoms with Crippen LogP contribution in [0.25, 0.3) is 10.9 Å². The van der Waals surface area contributed by atoms with Gasteiger partial charge in [0.1, 0.15) is 0 Å². The zero-order valence-corrected chi connectivity index (χ0v) is 10.7. The van der Waals surface area contributed by atoms with Gasteiger partial charge in [-0.2, -0.15) is 0 Å². The van der Waals surface area contributed by atoms with Gasteiger partial charge in [-0.1, -0.05) is 33.6 Å². The summed E-state index contributed by atoms with van der Waals surface area (Å²) in [4.78, 5) is 15.5. The molecule has 0 saturated carbocycles. The number of halogens is 2. The minimum Gasteiger partial charge on any atom is -0.464 e. The lowest BCUT2D eigenvalue weighted by molar-refractivity contribution is 0.0594. The van der Waals surface area contributed by atoms with Crippen LogP contribution in [0.1, 0.15) is 10.5 Å². The third-order valence-corrected chi connectivity index (χ3v) is 3.09. The van der Waals surface area contributed by atoms with Gasteiger partial charge in [-0.15, -0.1) is 0 Å². The molecule has 5 heteroatoms. The van der Waals surface area contributed by atoms with Gasteiger partial charge in [-0.05, 0) is 18.2 Å². The van der Waals surface area contributed by atoms with Gasteiger partial charge in [-0.3, -0.25) is 0 Å². The van der Waals surface area contributed by atoms with E-state index in [1.54, 1.807) is 6.07 Å². The van der Waals surface area contributed by atoms with Crippen molar-refractivity contribution in [2.24, 2.45) is 0 Å². The number of rotatable bonds is 1. The quantitative estimate of drug-likeness (QED) is 0.757. The summed E-state index contributed by atoms with van der Waals surface area (Å²) in [6, 6.07) is 6.99. The number of carbonyl (C=O) groups is 1. The van der Waals surface area contributed by atoms with Crippen molar-refractivity contribution in [3.05, 3.63) is 39.5 Å². The van der Waals surface area contributed by atoms with E-state index in [0.717, 1.165) is 9.86 Å². The summed E-state index contributed by atoms with van der Waals surface area (Å²) in [5, 5.41) is 1.26. The van der Waals surface area contributed by atoms with Gasteiger partial charge >= 0.3 is 5.97 Å². The zero-order valence-electron chi connectivity index (χ0n) is 8.33. The molecule has 3 nitrogen and oxygen atoms in total. The zero-order chi connectivity index (χ0) is 11.7. The molecule has 1 heterocycles. The molecule has 0 aliphatic heterocycles. The van der Waals surface area contributed by atoms with Crippen LogP contribution in [0.3, 0.4) is 0 Å². The molecule has 0 bridgehead atoms. The van der Waals surface area contributed by atoms with Gasteiger partial charge in [0.05, 0.1) is 17.6 Å². The lowest BCUT2D eigenvalue weighted by Crippen LogP contribution is -2.04. The molecule has 0 N–H and O–H groups in total. The van der Waals surface area contributed by atoms with Gasteiger partial charge in [0.15, 0.2) is 5.69 Å². The first-order valence-corrected chi connectivity index (χ1v) is 5.63. The standard InChI is InChI=1S/C11H7BrClNO2/c1-16-11(15)9-5-7(13)10-6(12)3-2-4-8(10)14-9/h2-5H,1H3.